The van der Waals surface area contributed by atoms with Crippen molar-refractivity contribution in [3.63, 3.8) is 0 Å². The second kappa shape index (κ2) is 7.98. The van der Waals surface area contributed by atoms with Crippen molar-refractivity contribution in [2.45, 2.75) is 19.4 Å². The van der Waals surface area contributed by atoms with Crippen LogP contribution in [0.15, 0.2) is 66.4 Å². The molecule has 0 fully saturated rings. The highest BCUT2D eigenvalue weighted by Gasteiger charge is 2.14. The van der Waals surface area contributed by atoms with Gasteiger partial charge in [0.25, 0.3) is 0 Å². The van der Waals surface area contributed by atoms with E-state index >= 15 is 0 Å². The Morgan fingerprint density at radius 1 is 1.23 bits per heavy atom. The zero-order valence-corrected chi connectivity index (χ0v) is 12.8. The largest absolute Gasteiger partial charge is 0.466 e. The lowest BCUT2D eigenvalue weighted by Crippen LogP contribution is -2.13. The Morgan fingerprint density at radius 2 is 1.95 bits per heavy atom. The van der Waals surface area contributed by atoms with Crippen LogP contribution < -0.4 is 5.32 Å². The van der Waals surface area contributed by atoms with Gasteiger partial charge in [-0.1, -0.05) is 29.8 Å². The molecule has 0 radical (unpaired) electrons. The molecular formula is C18H20N2O2. The second-order valence-electron chi connectivity index (χ2n) is 5.04. The van der Waals surface area contributed by atoms with E-state index in [4.69, 9.17) is 0 Å². The van der Waals surface area contributed by atoms with Crippen LogP contribution in [0.2, 0.25) is 0 Å². The van der Waals surface area contributed by atoms with E-state index in [-0.39, 0.29) is 12.0 Å². The summed E-state index contributed by atoms with van der Waals surface area (Å²) in [5.74, 6) is -0.336. The number of nitrogens with zero attached hydrogens (tertiary/aromatic N) is 1. The maximum absolute atomic E-state index is 11.4. The lowest BCUT2D eigenvalue weighted by molar-refractivity contribution is -0.134. The predicted octanol–water partition coefficient (Wildman–Crippen LogP) is 3.74. The number of carbonyl (C=O) groups excluding carboxylic acids is 1. The first-order valence-electron chi connectivity index (χ1n) is 7.16. The van der Waals surface area contributed by atoms with Crippen LogP contribution >= 0.6 is 0 Å². The van der Waals surface area contributed by atoms with E-state index in [1.165, 1.54) is 13.2 Å². The summed E-state index contributed by atoms with van der Waals surface area (Å²) < 4.78 is 4.68. The molecule has 4 heteroatoms. The van der Waals surface area contributed by atoms with Gasteiger partial charge in [-0.3, -0.25) is 4.98 Å². The van der Waals surface area contributed by atoms with E-state index in [0.29, 0.717) is 6.42 Å². The Hall–Kier alpha value is -2.62. The first-order valence-corrected chi connectivity index (χ1v) is 7.16. The molecule has 0 aliphatic rings. The van der Waals surface area contributed by atoms with Crippen LogP contribution in [0.1, 0.15) is 25.1 Å². The highest BCUT2D eigenvalue weighted by molar-refractivity contribution is 5.82. The van der Waals surface area contributed by atoms with E-state index in [1.807, 2.05) is 55.5 Å². The number of ether oxygens (including phenoxy) is 1. The summed E-state index contributed by atoms with van der Waals surface area (Å²) in [5, 5.41) is 3.46. The minimum absolute atomic E-state index is 0.00972. The average Bonchev–Trinajstić information content (AvgIpc) is 2.56. The molecule has 1 N–H and O–H groups in total. The number of methoxy groups -OCH3 is 1. The summed E-state index contributed by atoms with van der Waals surface area (Å²) >= 11 is 0. The number of esters is 1. The molecule has 22 heavy (non-hydrogen) atoms. The zero-order chi connectivity index (χ0) is 15.8. The summed E-state index contributed by atoms with van der Waals surface area (Å²) in [4.78, 5) is 15.8. The molecule has 2 rings (SSSR count). The van der Waals surface area contributed by atoms with Crippen LogP contribution in [0, 0.1) is 0 Å². The van der Waals surface area contributed by atoms with Crippen LogP contribution in [0.4, 0.5) is 5.69 Å². The minimum Gasteiger partial charge on any atom is -0.466 e. The Morgan fingerprint density at radius 3 is 2.59 bits per heavy atom. The fourth-order valence-electron chi connectivity index (χ4n) is 2.19. The molecule has 1 unspecified atom stereocenters. The molecule has 1 heterocycles. The number of rotatable bonds is 6. The van der Waals surface area contributed by atoms with Gasteiger partial charge in [0.2, 0.25) is 0 Å². The summed E-state index contributed by atoms with van der Waals surface area (Å²) in [7, 11) is 1.38. The molecular weight excluding hydrogens is 276 g/mol. The number of pyridine rings is 1. The van der Waals surface area contributed by atoms with Crippen LogP contribution in [-0.2, 0) is 9.53 Å². The number of aromatic nitrogens is 1. The summed E-state index contributed by atoms with van der Waals surface area (Å²) in [5.41, 5.74) is 2.89. The van der Waals surface area contributed by atoms with Gasteiger partial charge in [-0.05, 0) is 37.6 Å². The number of hydrogen-bond donors (Lipinski definition) is 1. The van der Waals surface area contributed by atoms with Crippen molar-refractivity contribution in [2.75, 3.05) is 12.4 Å². The molecule has 0 bridgehead atoms. The molecule has 0 aliphatic heterocycles. The van der Waals surface area contributed by atoms with Crippen molar-refractivity contribution < 1.29 is 9.53 Å². The molecule has 0 saturated heterocycles. The average molecular weight is 296 g/mol. The Bertz CT molecular complexity index is 624. The molecule has 0 spiro atoms. The number of carbonyl (C=O) groups is 1. The van der Waals surface area contributed by atoms with E-state index in [1.54, 1.807) is 6.20 Å². The fourth-order valence-corrected chi connectivity index (χ4v) is 2.19. The number of hydrogen-bond acceptors (Lipinski definition) is 4. The van der Waals surface area contributed by atoms with Gasteiger partial charge >= 0.3 is 5.97 Å². The van der Waals surface area contributed by atoms with E-state index in [0.717, 1.165) is 17.0 Å². The zero-order valence-electron chi connectivity index (χ0n) is 12.8. The number of nitrogens with one attached hydrogen (secondary N) is 1. The maximum atomic E-state index is 11.4. The van der Waals surface area contributed by atoms with Crippen molar-refractivity contribution in [3.8, 4) is 0 Å². The molecule has 1 aromatic heterocycles. The summed E-state index contributed by atoms with van der Waals surface area (Å²) in [6.07, 6.45) is 3.96. The van der Waals surface area contributed by atoms with Crippen LogP contribution in [-0.4, -0.2) is 18.1 Å². The maximum Gasteiger partial charge on any atom is 0.330 e. The number of anilines is 1. The van der Waals surface area contributed by atoms with Gasteiger partial charge in [0.05, 0.1) is 18.8 Å². The van der Waals surface area contributed by atoms with Gasteiger partial charge in [-0.25, -0.2) is 4.79 Å². The van der Waals surface area contributed by atoms with Crippen molar-refractivity contribution in [1.29, 1.82) is 0 Å². The molecule has 114 valence electrons. The van der Waals surface area contributed by atoms with Gasteiger partial charge in [0, 0.05) is 18.0 Å². The third kappa shape index (κ3) is 4.74. The molecule has 0 amide bonds. The second-order valence-corrected chi connectivity index (χ2v) is 5.04. The first kappa shape index (κ1) is 15.8. The highest BCUT2D eigenvalue weighted by atomic mass is 16.5. The SMILES string of the molecule is COC(=O)/C=C(\C)CC(Nc1ccccc1)c1ccccn1. The number of benzene rings is 1. The van der Waals surface area contributed by atoms with Gasteiger partial charge < -0.3 is 10.1 Å². The molecule has 0 saturated carbocycles. The van der Waals surface area contributed by atoms with E-state index in [9.17, 15) is 4.79 Å². The Kier molecular flexibility index (Phi) is 5.72. The van der Waals surface area contributed by atoms with Crippen molar-refractivity contribution >= 4 is 11.7 Å². The van der Waals surface area contributed by atoms with E-state index < -0.39 is 0 Å². The standard InChI is InChI=1S/C18H20N2O2/c1-14(13-18(21)22-2)12-17(16-10-6-7-11-19-16)20-15-8-4-3-5-9-15/h3-11,13,17,20H,12H2,1-2H3/b14-13+. The van der Waals surface area contributed by atoms with Gasteiger partial charge in [0.15, 0.2) is 0 Å². The van der Waals surface area contributed by atoms with Crippen LogP contribution in [0.5, 0.6) is 0 Å². The summed E-state index contributed by atoms with van der Waals surface area (Å²) in [6.45, 7) is 1.92. The molecule has 0 aliphatic carbocycles. The first-order chi connectivity index (χ1) is 10.7. The Labute approximate surface area is 130 Å². The predicted molar refractivity (Wildman–Crippen MR) is 87.4 cm³/mol. The highest BCUT2D eigenvalue weighted by Crippen LogP contribution is 2.24. The molecule has 4 nitrogen and oxygen atoms in total. The lowest BCUT2D eigenvalue weighted by Gasteiger charge is -2.20. The quantitative estimate of drug-likeness (QED) is 0.651. The van der Waals surface area contributed by atoms with Gasteiger partial charge in [-0.15, -0.1) is 0 Å². The molecule has 1 aromatic carbocycles. The fraction of sp³-hybridized carbons (Fsp3) is 0.222. The smallest absolute Gasteiger partial charge is 0.330 e. The third-order valence-electron chi connectivity index (χ3n) is 3.25. The monoisotopic (exact) mass is 296 g/mol. The van der Waals surface area contributed by atoms with Gasteiger partial charge in [-0.2, -0.15) is 0 Å². The molecule has 2 aromatic rings. The summed E-state index contributed by atoms with van der Waals surface area (Å²) in [6, 6.07) is 15.8. The lowest BCUT2D eigenvalue weighted by atomic mass is 10.0. The minimum atomic E-state index is -0.336. The van der Waals surface area contributed by atoms with Crippen LogP contribution in [0.3, 0.4) is 0 Å². The third-order valence-corrected chi connectivity index (χ3v) is 3.25. The topological polar surface area (TPSA) is 51.2 Å². The van der Waals surface area contributed by atoms with Crippen LogP contribution in [0.25, 0.3) is 0 Å². The normalized spacial score (nSPS) is 12.5. The van der Waals surface area contributed by atoms with Crippen molar-refractivity contribution in [3.05, 3.63) is 72.1 Å². The van der Waals surface area contributed by atoms with Gasteiger partial charge in [0.1, 0.15) is 0 Å². The van der Waals surface area contributed by atoms with E-state index in [2.05, 4.69) is 15.0 Å². The molecule has 1 atom stereocenters. The number of para-hydroxylation sites is 1. The van der Waals surface area contributed by atoms with Crippen molar-refractivity contribution in [1.82, 2.24) is 4.98 Å². The Balaban J connectivity index is 2.19. The van der Waals surface area contributed by atoms with Crippen molar-refractivity contribution in [2.24, 2.45) is 0 Å².